The summed E-state index contributed by atoms with van der Waals surface area (Å²) < 4.78 is 6.91. The van der Waals surface area contributed by atoms with Gasteiger partial charge in [0.05, 0.1) is 24.6 Å². The van der Waals surface area contributed by atoms with Crippen molar-refractivity contribution in [2.45, 2.75) is 31.0 Å². The van der Waals surface area contributed by atoms with E-state index < -0.39 is 22.4 Å². The number of fused-ring (bicyclic) bond motifs is 3. The summed E-state index contributed by atoms with van der Waals surface area (Å²) in [5.41, 5.74) is -1.15. The van der Waals surface area contributed by atoms with Gasteiger partial charge in [-0.25, -0.2) is 4.79 Å². The van der Waals surface area contributed by atoms with E-state index in [1.165, 1.54) is 18.2 Å². The first kappa shape index (κ1) is 27.5. The summed E-state index contributed by atoms with van der Waals surface area (Å²) in [6, 6.07) is 23.7. The molecule has 3 aliphatic rings. The molecule has 6 rings (SSSR count). The highest BCUT2D eigenvalue weighted by Crippen LogP contribution is 2.38. The Labute approximate surface area is 233 Å². The first-order valence-electron chi connectivity index (χ1n) is 13.7. The number of nitro groups is 1. The highest BCUT2D eigenvalue weighted by atomic mass is 16.6. The number of carbonyl (C=O) groups is 2. The topological polar surface area (TPSA) is 119 Å². The number of piperidine rings is 3. The molecule has 3 aromatic carbocycles. The second-order valence-electron chi connectivity index (χ2n) is 10.8. The van der Waals surface area contributed by atoms with Crippen molar-refractivity contribution in [2.24, 2.45) is 5.92 Å². The van der Waals surface area contributed by atoms with Crippen LogP contribution >= 0.6 is 0 Å². The van der Waals surface area contributed by atoms with Crippen LogP contribution in [0.4, 0.5) is 5.69 Å². The van der Waals surface area contributed by atoms with Crippen molar-refractivity contribution >= 4 is 17.6 Å². The number of nitro benzene ring substituents is 1. The number of ether oxygens (including phenoxy) is 1. The second-order valence-corrected chi connectivity index (χ2v) is 10.8. The van der Waals surface area contributed by atoms with Gasteiger partial charge in [-0.1, -0.05) is 72.8 Å². The van der Waals surface area contributed by atoms with E-state index in [2.05, 4.69) is 5.32 Å². The van der Waals surface area contributed by atoms with E-state index in [0.717, 1.165) is 37.0 Å². The number of quaternary nitrogens is 1. The zero-order chi connectivity index (χ0) is 28.2. The molecule has 0 aromatic heterocycles. The monoisotopic (exact) mass is 544 g/mol. The fourth-order valence-corrected chi connectivity index (χ4v) is 6.19. The van der Waals surface area contributed by atoms with Gasteiger partial charge in [-0.3, -0.25) is 14.9 Å². The minimum atomic E-state index is -1.91. The van der Waals surface area contributed by atoms with Crippen molar-refractivity contribution < 1.29 is 28.8 Å². The Morgan fingerprint density at radius 2 is 1.52 bits per heavy atom. The molecule has 3 heterocycles. The molecule has 0 aliphatic carbocycles. The number of para-hydroxylation sites is 1. The molecular formula is C31H34N3O6+. The second kappa shape index (κ2) is 11.6. The Hall–Kier alpha value is -4.08. The number of carbonyl (C=O) groups excluding carboxylic acids is 2. The number of amides is 1. The maximum Gasteiger partial charge on any atom is 0.348 e. The Bertz CT molecular complexity index is 1320. The van der Waals surface area contributed by atoms with Crippen molar-refractivity contribution in [1.29, 1.82) is 0 Å². The average Bonchev–Trinajstić information content (AvgIpc) is 3.00. The average molecular weight is 545 g/mol. The minimum absolute atomic E-state index is 0.0506. The first-order chi connectivity index (χ1) is 19.3. The van der Waals surface area contributed by atoms with Crippen LogP contribution in [0.3, 0.4) is 0 Å². The van der Waals surface area contributed by atoms with Crippen molar-refractivity contribution in [1.82, 2.24) is 5.32 Å². The van der Waals surface area contributed by atoms with E-state index in [4.69, 9.17) is 4.74 Å². The summed E-state index contributed by atoms with van der Waals surface area (Å²) in [6.45, 7) is 3.78. The smallest absolute Gasteiger partial charge is 0.348 e. The van der Waals surface area contributed by atoms with Crippen LogP contribution in [0.2, 0.25) is 0 Å². The van der Waals surface area contributed by atoms with Gasteiger partial charge in [0.25, 0.3) is 11.6 Å². The quantitative estimate of drug-likeness (QED) is 0.132. The Morgan fingerprint density at radius 1 is 0.950 bits per heavy atom. The standard InChI is InChI=1S/C31H33N3O6/c35-29(26-14-7-8-15-27(26)33(38)39)32-18-9-19-34-20-16-23(17-21-34)28(22-34)40-30(36)31(37,24-10-3-1-4-11-24)25-12-5-2-6-13-25/h1-8,10-15,23,28,37H,9,16-22H2/p+1/t23?,28-,34?/m0/s1. The highest BCUT2D eigenvalue weighted by molar-refractivity contribution is 5.98. The summed E-state index contributed by atoms with van der Waals surface area (Å²) in [5.74, 6) is -0.880. The number of hydrogen-bond acceptors (Lipinski definition) is 6. The Kier molecular flexibility index (Phi) is 7.95. The maximum absolute atomic E-state index is 13.7. The van der Waals surface area contributed by atoms with Crippen LogP contribution in [-0.2, 0) is 15.1 Å². The van der Waals surface area contributed by atoms with Crippen molar-refractivity contribution in [3.05, 3.63) is 112 Å². The molecule has 208 valence electrons. The molecule has 3 saturated heterocycles. The molecule has 3 aromatic rings. The molecule has 2 bridgehead atoms. The number of nitrogens with zero attached hydrogens (tertiary/aromatic N) is 2. The molecule has 0 saturated carbocycles. The van der Waals surface area contributed by atoms with E-state index >= 15 is 0 Å². The number of hydrogen-bond donors (Lipinski definition) is 2. The third-order valence-corrected chi connectivity index (χ3v) is 8.42. The lowest BCUT2D eigenvalue weighted by Gasteiger charge is -2.52. The lowest BCUT2D eigenvalue weighted by atomic mass is 9.82. The summed E-state index contributed by atoms with van der Waals surface area (Å²) in [7, 11) is 0. The number of nitrogens with one attached hydrogen (secondary N) is 1. The van der Waals surface area contributed by atoms with Gasteiger partial charge in [-0.2, -0.15) is 0 Å². The van der Waals surface area contributed by atoms with Gasteiger partial charge in [0, 0.05) is 37.8 Å². The molecule has 9 heteroatoms. The van der Waals surface area contributed by atoms with E-state index in [-0.39, 0.29) is 23.3 Å². The van der Waals surface area contributed by atoms with Gasteiger partial charge in [0.2, 0.25) is 5.60 Å². The lowest BCUT2D eigenvalue weighted by molar-refractivity contribution is -0.946. The fraction of sp³-hybridized carbons (Fsp3) is 0.355. The largest absolute Gasteiger partial charge is 0.453 e. The van der Waals surface area contributed by atoms with Gasteiger partial charge in [-0.15, -0.1) is 0 Å². The van der Waals surface area contributed by atoms with Gasteiger partial charge >= 0.3 is 5.97 Å². The van der Waals surface area contributed by atoms with Crippen LogP contribution < -0.4 is 5.32 Å². The fourth-order valence-electron chi connectivity index (χ4n) is 6.19. The van der Waals surface area contributed by atoms with E-state index in [9.17, 15) is 24.8 Å². The number of rotatable bonds is 10. The van der Waals surface area contributed by atoms with E-state index in [0.29, 0.717) is 30.6 Å². The molecule has 0 unspecified atom stereocenters. The van der Waals surface area contributed by atoms with Gasteiger partial charge in [0.15, 0.2) is 6.10 Å². The summed E-state index contributed by atoms with van der Waals surface area (Å²) in [4.78, 5) is 37.0. The normalized spacial score (nSPS) is 21.9. The molecule has 40 heavy (non-hydrogen) atoms. The van der Waals surface area contributed by atoms with Gasteiger partial charge < -0.3 is 19.6 Å². The Balaban J connectivity index is 1.23. The predicted octanol–water partition coefficient (Wildman–Crippen LogP) is 3.80. The van der Waals surface area contributed by atoms with Crippen LogP contribution in [0.5, 0.6) is 0 Å². The van der Waals surface area contributed by atoms with Crippen molar-refractivity contribution in [3.8, 4) is 0 Å². The molecule has 1 amide bonds. The van der Waals surface area contributed by atoms with E-state index in [1.807, 2.05) is 12.1 Å². The summed E-state index contributed by atoms with van der Waals surface area (Å²) >= 11 is 0. The van der Waals surface area contributed by atoms with Crippen LogP contribution in [0.25, 0.3) is 0 Å². The predicted molar refractivity (Wildman–Crippen MR) is 148 cm³/mol. The summed E-state index contributed by atoms with van der Waals surface area (Å²) in [5, 5.41) is 25.9. The van der Waals surface area contributed by atoms with Gasteiger partial charge in [0.1, 0.15) is 12.1 Å². The Morgan fingerprint density at radius 3 is 2.12 bits per heavy atom. The molecule has 1 atom stereocenters. The molecule has 3 fully saturated rings. The van der Waals surface area contributed by atoms with Crippen LogP contribution in [0, 0.1) is 16.0 Å². The van der Waals surface area contributed by atoms with Crippen LogP contribution in [0.15, 0.2) is 84.9 Å². The zero-order valence-electron chi connectivity index (χ0n) is 22.3. The third-order valence-electron chi connectivity index (χ3n) is 8.42. The summed E-state index contributed by atoms with van der Waals surface area (Å²) in [6.07, 6.45) is 2.23. The molecule has 2 N–H and O–H groups in total. The SMILES string of the molecule is O=C(NCCC[N+]12CCC(CC1)[C@@H](OC(=O)C(O)(c1ccccc1)c1ccccc1)C2)c1ccccc1[N+](=O)[O-]. The number of aliphatic hydroxyl groups is 1. The third kappa shape index (κ3) is 5.48. The van der Waals surface area contributed by atoms with Crippen molar-refractivity contribution in [2.75, 3.05) is 32.7 Å². The van der Waals surface area contributed by atoms with Crippen LogP contribution in [-0.4, -0.2) is 65.2 Å². The molecule has 3 aliphatic heterocycles. The lowest BCUT2D eigenvalue weighted by Crippen LogP contribution is -2.65. The highest BCUT2D eigenvalue weighted by Gasteiger charge is 2.50. The zero-order valence-corrected chi connectivity index (χ0v) is 22.3. The number of esters is 1. The van der Waals surface area contributed by atoms with Crippen molar-refractivity contribution in [3.63, 3.8) is 0 Å². The maximum atomic E-state index is 13.7. The van der Waals surface area contributed by atoms with Crippen LogP contribution in [0.1, 0.15) is 40.7 Å². The first-order valence-corrected chi connectivity index (χ1v) is 13.7. The molecular weight excluding hydrogens is 510 g/mol. The minimum Gasteiger partial charge on any atom is -0.453 e. The van der Waals surface area contributed by atoms with Gasteiger partial charge in [-0.05, 0) is 17.2 Å². The molecule has 9 nitrogen and oxygen atoms in total. The molecule has 0 radical (unpaired) electrons. The van der Waals surface area contributed by atoms with E-state index in [1.54, 1.807) is 54.6 Å². The number of benzene rings is 3. The molecule has 0 spiro atoms.